The molecule has 0 aliphatic heterocycles. The number of anilines is 1. The molecule has 17 heavy (non-hydrogen) atoms. The van der Waals surface area contributed by atoms with Crippen molar-refractivity contribution in [3.05, 3.63) is 18.5 Å². The molecule has 96 valence electrons. The van der Waals surface area contributed by atoms with E-state index in [2.05, 4.69) is 15.0 Å². The first-order valence-electron chi connectivity index (χ1n) is 5.79. The van der Waals surface area contributed by atoms with Crippen molar-refractivity contribution >= 4 is 15.7 Å². The van der Waals surface area contributed by atoms with Gasteiger partial charge in [-0.05, 0) is 18.9 Å². The van der Waals surface area contributed by atoms with Gasteiger partial charge in [-0.1, -0.05) is 13.8 Å². The maximum absolute atomic E-state index is 12.0. The lowest BCUT2D eigenvalue weighted by molar-refractivity contribution is 0.580. The normalized spacial score (nSPS) is 11.4. The molecule has 0 aromatic carbocycles. The number of pyridine rings is 1. The summed E-state index contributed by atoms with van der Waals surface area (Å²) in [6, 6.07) is 1.68. The summed E-state index contributed by atoms with van der Waals surface area (Å²) in [6.45, 7) is 5.12. The van der Waals surface area contributed by atoms with Crippen molar-refractivity contribution < 1.29 is 8.42 Å². The zero-order chi connectivity index (χ0) is 12.7. The second-order valence-corrected chi connectivity index (χ2v) is 5.43. The molecule has 0 bridgehead atoms. The first-order valence-corrected chi connectivity index (χ1v) is 7.27. The molecule has 2 N–H and O–H groups in total. The van der Waals surface area contributed by atoms with Gasteiger partial charge in [0.15, 0.2) is 0 Å². The molecule has 0 atom stereocenters. The molecule has 0 spiro atoms. The van der Waals surface area contributed by atoms with Crippen LogP contribution in [0.3, 0.4) is 0 Å². The summed E-state index contributed by atoms with van der Waals surface area (Å²) in [6.07, 6.45) is 4.65. The Hall–Kier alpha value is -1.14. The third-order valence-electron chi connectivity index (χ3n) is 2.18. The van der Waals surface area contributed by atoms with Gasteiger partial charge in [0.25, 0.3) is 0 Å². The van der Waals surface area contributed by atoms with Gasteiger partial charge in [-0.25, -0.2) is 13.1 Å². The summed E-state index contributed by atoms with van der Waals surface area (Å²) in [7, 11) is -3.46. The van der Waals surface area contributed by atoms with Gasteiger partial charge in [-0.15, -0.1) is 0 Å². The SMILES string of the molecule is CCCNc1ccncc1S(=O)(=O)NCCC. The summed E-state index contributed by atoms with van der Waals surface area (Å²) in [5.74, 6) is 0. The minimum atomic E-state index is -3.46. The topological polar surface area (TPSA) is 71.1 Å². The maximum Gasteiger partial charge on any atom is 0.244 e. The number of hydrogen-bond donors (Lipinski definition) is 2. The van der Waals surface area contributed by atoms with E-state index in [0.717, 1.165) is 19.4 Å². The molecule has 0 saturated heterocycles. The number of aromatic nitrogens is 1. The van der Waals surface area contributed by atoms with Gasteiger partial charge < -0.3 is 5.32 Å². The molecule has 1 heterocycles. The van der Waals surface area contributed by atoms with E-state index in [-0.39, 0.29) is 4.90 Å². The largest absolute Gasteiger partial charge is 0.384 e. The maximum atomic E-state index is 12.0. The third kappa shape index (κ3) is 3.98. The molecule has 0 aliphatic rings. The van der Waals surface area contributed by atoms with E-state index in [0.29, 0.717) is 12.2 Å². The Morgan fingerprint density at radius 1 is 1.24 bits per heavy atom. The summed E-state index contributed by atoms with van der Waals surface area (Å²) in [4.78, 5) is 4.08. The van der Waals surface area contributed by atoms with Crippen LogP contribution >= 0.6 is 0 Å². The van der Waals surface area contributed by atoms with Crippen LogP contribution in [0.15, 0.2) is 23.4 Å². The Morgan fingerprint density at radius 2 is 1.94 bits per heavy atom. The van der Waals surface area contributed by atoms with E-state index in [4.69, 9.17) is 0 Å². The van der Waals surface area contributed by atoms with Crippen LogP contribution in [0.25, 0.3) is 0 Å². The van der Waals surface area contributed by atoms with Crippen molar-refractivity contribution in [2.24, 2.45) is 0 Å². The fourth-order valence-electron chi connectivity index (χ4n) is 1.31. The first kappa shape index (κ1) is 13.9. The highest BCUT2D eigenvalue weighted by atomic mass is 32.2. The summed E-state index contributed by atoms with van der Waals surface area (Å²) < 4.78 is 26.5. The molecule has 6 heteroatoms. The van der Waals surface area contributed by atoms with Crippen molar-refractivity contribution in [1.29, 1.82) is 0 Å². The smallest absolute Gasteiger partial charge is 0.244 e. The predicted octanol–water partition coefficient (Wildman–Crippen LogP) is 1.59. The monoisotopic (exact) mass is 257 g/mol. The highest BCUT2D eigenvalue weighted by Crippen LogP contribution is 2.19. The van der Waals surface area contributed by atoms with Crippen molar-refractivity contribution in [3.63, 3.8) is 0 Å². The Labute approximate surface area is 103 Å². The highest BCUT2D eigenvalue weighted by Gasteiger charge is 2.17. The fraction of sp³-hybridized carbons (Fsp3) is 0.545. The van der Waals surface area contributed by atoms with Crippen LogP contribution in [-0.2, 0) is 10.0 Å². The molecule has 1 aromatic heterocycles. The minimum Gasteiger partial charge on any atom is -0.384 e. The summed E-state index contributed by atoms with van der Waals surface area (Å²) in [5.41, 5.74) is 0.602. The Morgan fingerprint density at radius 3 is 2.59 bits per heavy atom. The van der Waals surface area contributed by atoms with Gasteiger partial charge in [-0.3, -0.25) is 4.98 Å². The first-order chi connectivity index (χ1) is 8.11. The number of nitrogens with one attached hydrogen (secondary N) is 2. The van der Waals surface area contributed by atoms with Gasteiger partial charge in [0.05, 0.1) is 5.69 Å². The zero-order valence-corrected chi connectivity index (χ0v) is 11.0. The molecule has 0 amide bonds. The average molecular weight is 257 g/mol. The molecule has 5 nitrogen and oxygen atoms in total. The van der Waals surface area contributed by atoms with Gasteiger partial charge in [0.1, 0.15) is 4.90 Å². The van der Waals surface area contributed by atoms with Gasteiger partial charge in [0.2, 0.25) is 10.0 Å². The van der Waals surface area contributed by atoms with Gasteiger partial charge in [0, 0.05) is 25.5 Å². The number of sulfonamides is 1. The molecule has 0 aliphatic carbocycles. The molecule has 0 unspecified atom stereocenters. The van der Waals surface area contributed by atoms with E-state index in [9.17, 15) is 8.42 Å². The lowest BCUT2D eigenvalue weighted by Gasteiger charge is -2.11. The van der Waals surface area contributed by atoms with Crippen LogP contribution < -0.4 is 10.0 Å². The summed E-state index contributed by atoms with van der Waals surface area (Å²) in [5, 5.41) is 3.09. The van der Waals surface area contributed by atoms with Gasteiger partial charge >= 0.3 is 0 Å². The Balaban J connectivity index is 2.95. The summed E-state index contributed by atoms with van der Waals surface area (Å²) >= 11 is 0. The van der Waals surface area contributed by atoms with E-state index in [1.165, 1.54) is 6.20 Å². The third-order valence-corrected chi connectivity index (χ3v) is 3.67. The van der Waals surface area contributed by atoms with Crippen LogP contribution in [0.2, 0.25) is 0 Å². The van der Waals surface area contributed by atoms with Crippen LogP contribution in [0.5, 0.6) is 0 Å². The van der Waals surface area contributed by atoms with Crippen molar-refractivity contribution in [2.75, 3.05) is 18.4 Å². The molecule has 1 aromatic rings. The lowest BCUT2D eigenvalue weighted by atomic mass is 10.4. The van der Waals surface area contributed by atoms with E-state index >= 15 is 0 Å². The van der Waals surface area contributed by atoms with Crippen LogP contribution in [-0.4, -0.2) is 26.5 Å². The standard InChI is InChI=1S/C11H19N3O2S/c1-3-6-13-10-5-8-12-9-11(10)17(15,16)14-7-4-2/h5,8-9,14H,3-4,6-7H2,1-2H3,(H,12,13). The van der Waals surface area contributed by atoms with Crippen LogP contribution in [0.4, 0.5) is 5.69 Å². The highest BCUT2D eigenvalue weighted by molar-refractivity contribution is 7.89. The lowest BCUT2D eigenvalue weighted by Crippen LogP contribution is -2.25. The minimum absolute atomic E-state index is 0.210. The molecule has 0 fully saturated rings. The van der Waals surface area contributed by atoms with Gasteiger partial charge in [-0.2, -0.15) is 0 Å². The van der Waals surface area contributed by atoms with E-state index in [1.54, 1.807) is 12.3 Å². The predicted molar refractivity (Wildman–Crippen MR) is 68.5 cm³/mol. The fourth-order valence-corrected chi connectivity index (χ4v) is 2.57. The second kappa shape index (κ2) is 6.56. The number of hydrogen-bond acceptors (Lipinski definition) is 4. The zero-order valence-electron chi connectivity index (χ0n) is 10.2. The van der Waals surface area contributed by atoms with Crippen LogP contribution in [0.1, 0.15) is 26.7 Å². The van der Waals surface area contributed by atoms with E-state index < -0.39 is 10.0 Å². The molecule has 0 radical (unpaired) electrons. The van der Waals surface area contributed by atoms with Crippen molar-refractivity contribution in [2.45, 2.75) is 31.6 Å². The quantitative estimate of drug-likeness (QED) is 0.778. The number of nitrogens with zero attached hydrogens (tertiary/aromatic N) is 1. The molecule has 1 rings (SSSR count). The average Bonchev–Trinajstić information content (AvgIpc) is 2.34. The number of rotatable bonds is 7. The van der Waals surface area contributed by atoms with Crippen molar-refractivity contribution in [1.82, 2.24) is 9.71 Å². The Kier molecular flexibility index (Phi) is 5.37. The van der Waals surface area contributed by atoms with Crippen LogP contribution in [0, 0.1) is 0 Å². The van der Waals surface area contributed by atoms with E-state index in [1.807, 2.05) is 13.8 Å². The molecule has 0 saturated carbocycles. The second-order valence-electron chi connectivity index (χ2n) is 3.70. The van der Waals surface area contributed by atoms with Crippen molar-refractivity contribution in [3.8, 4) is 0 Å². The molecular weight excluding hydrogens is 238 g/mol. The molecular formula is C11H19N3O2S. The Bertz CT molecular complexity index is 446.